The van der Waals surface area contributed by atoms with Crippen molar-refractivity contribution in [2.45, 2.75) is 19.5 Å². The number of hydrogen-bond donors (Lipinski definition) is 1. The summed E-state index contributed by atoms with van der Waals surface area (Å²) in [4.78, 5) is 16.9. The zero-order chi connectivity index (χ0) is 20.4. The maximum absolute atomic E-state index is 13.3. The largest absolute Gasteiger partial charge is 0.454 e. The van der Waals surface area contributed by atoms with E-state index in [2.05, 4.69) is 15.1 Å². The number of rotatable bonds is 5. The van der Waals surface area contributed by atoms with E-state index in [1.807, 2.05) is 25.1 Å². The number of amides is 1. The molecule has 4 rings (SSSR count). The molecule has 2 aromatic rings. The van der Waals surface area contributed by atoms with Gasteiger partial charge in [-0.15, -0.1) is 0 Å². The molecule has 1 saturated heterocycles. The Morgan fingerprint density at radius 2 is 1.79 bits per heavy atom. The van der Waals surface area contributed by atoms with Crippen LogP contribution in [0, 0.1) is 11.6 Å². The monoisotopic (exact) mass is 403 g/mol. The van der Waals surface area contributed by atoms with E-state index in [9.17, 15) is 13.6 Å². The summed E-state index contributed by atoms with van der Waals surface area (Å²) in [5, 5.41) is 2.66. The molecule has 0 saturated carbocycles. The van der Waals surface area contributed by atoms with Crippen LogP contribution in [0.5, 0.6) is 11.5 Å². The molecule has 0 aromatic heterocycles. The van der Waals surface area contributed by atoms with Crippen molar-refractivity contribution in [2.24, 2.45) is 0 Å². The first-order valence-corrected chi connectivity index (χ1v) is 9.60. The number of benzene rings is 2. The van der Waals surface area contributed by atoms with Gasteiger partial charge in [0.1, 0.15) is 0 Å². The Morgan fingerprint density at radius 1 is 1.03 bits per heavy atom. The third-order valence-electron chi connectivity index (χ3n) is 5.36. The van der Waals surface area contributed by atoms with Gasteiger partial charge in [0.15, 0.2) is 23.1 Å². The second kappa shape index (κ2) is 8.34. The van der Waals surface area contributed by atoms with Gasteiger partial charge >= 0.3 is 0 Å². The molecule has 1 N–H and O–H groups in total. The Kier molecular flexibility index (Phi) is 5.64. The first kappa shape index (κ1) is 19.6. The van der Waals surface area contributed by atoms with Gasteiger partial charge in [0.2, 0.25) is 12.7 Å². The zero-order valence-electron chi connectivity index (χ0n) is 16.2. The molecule has 1 fully saturated rings. The lowest BCUT2D eigenvalue weighted by Crippen LogP contribution is -2.52. The summed E-state index contributed by atoms with van der Waals surface area (Å²) >= 11 is 0. The SMILES string of the molecule is C[C@@H](C(=O)Nc1ccc(F)c(F)c1)N1CCN(Cc2ccc3c(c2)OCO3)CC1. The number of nitrogens with zero attached hydrogens (tertiary/aromatic N) is 2. The van der Waals surface area contributed by atoms with Crippen molar-refractivity contribution >= 4 is 11.6 Å². The minimum Gasteiger partial charge on any atom is -0.454 e. The quantitative estimate of drug-likeness (QED) is 0.832. The summed E-state index contributed by atoms with van der Waals surface area (Å²) in [6.45, 7) is 6.05. The average molecular weight is 403 g/mol. The van der Waals surface area contributed by atoms with Crippen LogP contribution in [0.2, 0.25) is 0 Å². The Balaban J connectivity index is 1.28. The van der Waals surface area contributed by atoms with E-state index in [0.717, 1.165) is 61.9 Å². The summed E-state index contributed by atoms with van der Waals surface area (Å²) in [5.74, 6) is -0.592. The fourth-order valence-electron chi connectivity index (χ4n) is 3.59. The first-order valence-electron chi connectivity index (χ1n) is 9.60. The van der Waals surface area contributed by atoms with Gasteiger partial charge in [-0.25, -0.2) is 8.78 Å². The average Bonchev–Trinajstić information content (AvgIpc) is 3.18. The number of piperazine rings is 1. The second-order valence-electron chi connectivity index (χ2n) is 7.29. The van der Waals surface area contributed by atoms with Crippen LogP contribution in [-0.4, -0.2) is 54.7 Å². The van der Waals surface area contributed by atoms with Crippen molar-refractivity contribution in [2.75, 3.05) is 38.3 Å². The van der Waals surface area contributed by atoms with Gasteiger partial charge < -0.3 is 14.8 Å². The number of carbonyl (C=O) groups is 1. The summed E-state index contributed by atoms with van der Waals surface area (Å²) in [7, 11) is 0. The lowest BCUT2D eigenvalue weighted by atomic mass is 10.1. The summed E-state index contributed by atoms with van der Waals surface area (Å²) in [6.07, 6.45) is 0. The highest BCUT2D eigenvalue weighted by atomic mass is 19.2. The molecular weight excluding hydrogens is 380 g/mol. The van der Waals surface area contributed by atoms with Gasteiger partial charge in [-0.2, -0.15) is 0 Å². The number of carbonyl (C=O) groups excluding carboxylic acids is 1. The van der Waals surface area contributed by atoms with Crippen LogP contribution in [0.4, 0.5) is 14.5 Å². The van der Waals surface area contributed by atoms with Gasteiger partial charge in [-0.1, -0.05) is 6.07 Å². The summed E-state index contributed by atoms with van der Waals surface area (Å²) in [5.41, 5.74) is 1.41. The van der Waals surface area contributed by atoms with Crippen molar-refractivity contribution < 1.29 is 23.0 Å². The van der Waals surface area contributed by atoms with Crippen LogP contribution < -0.4 is 14.8 Å². The zero-order valence-corrected chi connectivity index (χ0v) is 16.2. The molecule has 29 heavy (non-hydrogen) atoms. The van der Waals surface area contributed by atoms with E-state index in [0.29, 0.717) is 0 Å². The third kappa shape index (κ3) is 4.49. The summed E-state index contributed by atoms with van der Waals surface area (Å²) < 4.78 is 37.1. The Hall–Kier alpha value is -2.71. The number of nitrogens with one attached hydrogen (secondary N) is 1. The standard InChI is InChI=1S/C21H23F2N3O3/c1-14(21(27)24-16-3-4-17(22)18(23)11-16)26-8-6-25(7-9-26)12-15-2-5-19-20(10-15)29-13-28-19/h2-5,10-11,14H,6-9,12-13H2,1H3,(H,24,27)/t14-/m0/s1. The molecule has 0 aliphatic carbocycles. The van der Waals surface area contributed by atoms with Crippen molar-refractivity contribution in [3.8, 4) is 11.5 Å². The maximum atomic E-state index is 13.3. The minimum absolute atomic E-state index is 0.236. The maximum Gasteiger partial charge on any atom is 0.241 e. The van der Waals surface area contributed by atoms with Crippen LogP contribution in [0.15, 0.2) is 36.4 Å². The van der Waals surface area contributed by atoms with Gasteiger partial charge in [0.05, 0.1) is 6.04 Å². The molecule has 2 aromatic carbocycles. The van der Waals surface area contributed by atoms with Gasteiger partial charge in [-0.3, -0.25) is 14.6 Å². The van der Waals surface area contributed by atoms with E-state index in [1.54, 1.807) is 0 Å². The van der Waals surface area contributed by atoms with E-state index in [1.165, 1.54) is 6.07 Å². The van der Waals surface area contributed by atoms with Crippen LogP contribution in [-0.2, 0) is 11.3 Å². The number of fused-ring (bicyclic) bond motifs is 1. The first-order chi connectivity index (χ1) is 14.0. The van der Waals surface area contributed by atoms with Gasteiger partial charge in [-0.05, 0) is 36.8 Å². The van der Waals surface area contributed by atoms with Gasteiger partial charge in [0.25, 0.3) is 0 Å². The Labute approximate surface area is 168 Å². The number of halogens is 2. The van der Waals surface area contributed by atoms with Crippen LogP contribution in [0.25, 0.3) is 0 Å². The topological polar surface area (TPSA) is 54.0 Å². The van der Waals surface area contributed by atoms with Crippen LogP contribution in [0.1, 0.15) is 12.5 Å². The highest BCUT2D eigenvalue weighted by Gasteiger charge is 2.26. The van der Waals surface area contributed by atoms with E-state index in [4.69, 9.17) is 9.47 Å². The van der Waals surface area contributed by atoms with Crippen molar-refractivity contribution in [3.05, 3.63) is 53.6 Å². The smallest absolute Gasteiger partial charge is 0.241 e. The number of anilines is 1. The molecule has 0 bridgehead atoms. The van der Waals surface area contributed by atoms with E-state index < -0.39 is 11.6 Å². The second-order valence-corrected chi connectivity index (χ2v) is 7.29. The van der Waals surface area contributed by atoms with Crippen LogP contribution >= 0.6 is 0 Å². The molecule has 1 amide bonds. The lowest BCUT2D eigenvalue weighted by molar-refractivity contribution is -0.121. The fraction of sp³-hybridized carbons (Fsp3) is 0.381. The molecule has 8 heteroatoms. The number of ether oxygens (including phenoxy) is 2. The van der Waals surface area contributed by atoms with Crippen molar-refractivity contribution in [3.63, 3.8) is 0 Å². The summed E-state index contributed by atoms with van der Waals surface area (Å²) in [6, 6.07) is 8.96. The molecule has 2 aliphatic rings. The lowest BCUT2D eigenvalue weighted by Gasteiger charge is -2.37. The minimum atomic E-state index is -0.979. The van der Waals surface area contributed by atoms with E-state index >= 15 is 0 Å². The third-order valence-corrected chi connectivity index (χ3v) is 5.36. The Bertz CT molecular complexity index is 901. The predicted molar refractivity (Wildman–Crippen MR) is 104 cm³/mol. The molecule has 6 nitrogen and oxygen atoms in total. The van der Waals surface area contributed by atoms with Crippen molar-refractivity contribution in [1.82, 2.24) is 9.80 Å². The molecule has 2 aliphatic heterocycles. The fourth-order valence-corrected chi connectivity index (χ4v) is 3.59. The molecule has 0 spiro atoms. The van der Waals surface area contributed by atoms with Crippen LogP contribution in [0.3, 0.4) is 0 Å². The Morgan fingerprint density at radius 3 is 2.55 bits per heavy atom. The molecule has 2 heterocycles. The highest BCUT2D eigenvalue weighted by molar-refractivity contribution is 5.94. The molecule has 154 valence electrons. The molecular formula is C21H23F2N3O3. The molecule has 1 atom stereocenters. The number of hydrogen-bond acceptors (Lipinski definition) is 5. The molecule has 0 unspecified atom stereocenters. The normalized spacial score (nSPS) is 17.9. The van der Waals surface area contributed by atoms with Crippen molar-refractivity contribution in [1.29, 1.82) is 0 Å². The van der Waals surface area contributed by atoms with Gasteiger partial charge in [0, 0.05) is 44.5 Å². The predicted octanol–water partition coefficient (Wildman–Crippen LogP) is 2.84. The van der Waals surface area contributed by atoms with E-state index in [-0.39, 0.29) is 24.4 Å². The highest BCUT2D eigenvalue weighted by Crippen LogP contribution is 2.32. The molecule has 0 radical (unpaired) electrons.